The molecule has 0 aliphatic rings. The Hall–Kier alpha value is -1.53. The second-order valence-electron chi connectivity index (χ2n) is 4.01. The minimum Gasteiger partial charge on any atom is -0.497 e. The fourth-order valence-corrected chi connectivity index (χ4v) is 2.86. The second-order valence-corrected chi connectivity index (χ2v) is 5.91. The summed E-state index contributed by atoms with van der Waals surface area (Å²) < 4.78 is 5.60. The Labute approximate surface area is 129 Å². The molecule has 0 saturated heterocycles. The monoisotopic (exact) mass is 353 g/mol. The van der Waals surface area contributed by atoms with Crippen LogP contribution in [0, 0.1) is 10.1 Å². The average molecular weight is 354 g/mol. The molecule has 0 radical (unpaired) electrons. The smallest absolute Gasteiger partial charge is 0.283 e. The van der Waals surface area contributed by atoms with Gasteiger partial charge in [-0.3, -0.25) is 10.1 Å². The first kappa shape index (κ1) is 14.9. The molecule has 0 aromatic heterocycles. The Bertz CT molecular complexity index is 616. The summed E-state index contributed by atoms with van der Waals surface area (Å²) in [6, 6.07) is 12.9. The molecule has 0 N–H and O–H groups in total. The third kappa shape index (κ3) is 3.74. The van der Waals surface area contributed by atoms with E-state index >= 15 is 0 Å². The van der Waals surface area contributed by atoms with Gasteiger partial charge in [0.2, 0.25) is 0 Å². The van der Waals surface area contributed by atoms with Gasteiger partial charge in [0.05, 0.1) is 16.5 Å². The molecule has 0 amide bonds. The van der Waals surface area contributed by atoms with Crippen molar-refractivity contribution in [2.75, 3.05) is 7.11 Å². The molecule has 20 heavy (non-hydrogen) atoms. The van der Waals surface area contributed by atoms with Gasteiger partial charge in [-0.05, 0) is 51.8 Å². The maximum Gasteiger partial charge on any atom is 0.283 e. The molecule has 4 nitrogen and oxygen atoms in total. The molecule has 2 rings (SSSR count). The molecule has 104 valence electrons. The van der Waals surface area contributed by atoms with E-state index < -0.39 is 0 Å². The van der Waals surface area contributed by atoms with Crippen LogP contribution in [0.15, 0.2) is 51.8 Å². The Balaban J connectivity index is 2.06. The maximum atomic E-state index is 10.9. The summed E-state index contributed by atoms with van der Waals surface area (Å²) in [5.74, 6) is 1.49. The van der Waals surface area contributed by atoms with Gasteiger partial charge in [-0.2, -0.15) is 0 Å². The molecule has 0 aliphatic carbocycles. The van der Waals surface area contributed by atoms with E-state index in [2.05, 4.69) is 15.9 Å². The van der Waals surface area contributed by atoms with Gasteiger partial charge < -0.3 is 4.74 Å². The zero-order valence-corrected chi connectivity index (χ0v) is 13.1. The van der Waals surface area contributed by atoms with Crippen LogP contribution in [-0.4, -0.2) is 12.0 Å². The van der Waals surface area contributed by atoms with Gasteiger partial charge in [-0.1, -0.05) is 6.07 Å². The van der Waals surface area contributed by atoms with E-state index in [9.17, 15) is 10.1 Å². The number of rotatable bonds is 5. The van der Waals surface area contributed by atoms with Gasteiger partial charge in [0.25, 0.3) is 5.69 Å². The number of ether oxygens (including phenoxy) is 1. The first-order valence-corrected chi connectivity index (χ1v) is 7.57. The van der Waals surface area contributed by atoms with Crippen molar-refractivity contribution in [2.24, 2.45) is 0 Å². The zero-order valence-electron chi connectivity index (χ0n) is 10.7. The summed E-state index contributed by atoms with van der Waals surface area (Å²) in [4.78, 5) is 11.6. The number of benzene rings is 2. The summed E-state index contributed by atoms with van der Waals surface area (Å²) in [5, 5.41) is 10.9. The molecule has 0 unspecified atom stereocenters. The first-order valence-electron chi connectivity index (χ1n) is 5.80. The van der Waals surface area contributed by atoms with Crippen LogP contribution in [-0.2, 0) is 5.75 Å². The molecule has 6 heteroatoms. The number of halogens is 1. The number of nitrogens with zero attached hydrogens (tertiary/aromatic N) is 1. The SMILES string of the molecule is COc1ccc(SCc2ccc(Br)c([N+](=O)[O-])c2)cc1. The lowest BCUT2D eigenvalue weighted by molar-refractivity contribution is -0.385. The van der Waals surface area contributed by atoms with Crippen molar-refractivity contribution < 1.29 is 9.66 Å². The van der Waals surface area contributed by atoms with Gasteiger partial charge in [0.1, 0.15) is 5.75 Å². The molecular weight excluding hydrogens is 342 g/mol. The Morgan fingerprint density at radius 1 is 1.25 bits per heavy atom. The van der Waals surface area contributed by atoms with E-state index in [4.69, 9.17) is 4.74 Å². The normalized spacial score (nSPS) is 10.3. The molecule has 0 aliphatic heterocycles. The highest BCUT2D eigenvalue weighted by Gasteiger charge is 2.12. The topological polar surface area (TPSA) is 52.4 Å². The molecule has 0 fully saturated rings. The third-order valence-corrected chi connectivity index (χ3v) is 4.43. The van der Waals surface area contributed by atoms with Crippen LogP contribution in [0.1, 0.15) is 5.56 Å². The zero-order chi connectivity index (χ0) is 14.5. The van der Waals surface area contributed by atoms with Crippen molar-refractivity contribution in [2.45, 2.75) is 10.6 Å². The number of nitro benzene ring substituents is 1. The van der Waals surface area contributed by atoms with Gasteiger partial charge in [-0.25, -0.2) is 0 Å². The molecule has 0 spiro atoms. The molecule has 0 bridgehead atoms. The Morgan fingerprint density at radius 2 is 1.95 bits per heavy atom. The first-order chi connectivity index (χ1) is 9.60. The van der Waals surface area contributed by atoms with Crippen molar-refractivity contribution >= 4 is 33.4 Å². The lowest BCUT2D eigenvalue weighted by Crippen LogP contribution is -1.91. The fourth-order valence-electron chi connectivity index (χ4n) is 1.63. The Morgan fingerprint density at radius 3 is 2.55 bits per heavy atom. The molecule has 0 heterocycles. The number of hydrogen-bond donors (Lipinski definition) is 0. The fraction of sp³-hybridized carbons (Fsp3) is 0.143. The van der Waals surface area contributed by atoms with E-state index in [0.717, 1.165) is 16.2 Å². The lowest BCUT2D eigenvalue weighted by atomic mass is 10.2. The van der Waals surface area contributed by atoms with E-state index in [1.54, 1.807) is 31.0 Å². The minimum atomic E-state index is -0.383. The van der Waals surface area contributed by atoms with Crippen LogP contribution in [0.4, 0.5) is 5.69 Å². The van der Waals surface area contributed by atoms with E-state index in [1.807, 2.05) is 30.3 Å². The third-order valence-electron chi connectivity index (χ3n) is 2.67. The van der Waals surface area contributed by atoms with Crippen molar-refractivity contribution in [3.05, 3.63) is 62.6 Å². The predicted octanol–water partition coefficient (Wildman–Crippen LogP) is 4.66. The van der Waals surface area contributed by atoms with Crippen LogP contribution < -0.4 is 4.74 Å². The predicted molar refractivity (Wildman–Crippen MR) is 83.4 cm³/mol. The molecule has 0 atom stereocenters. The molecule has 2 aromatic carbocycles. The summed E-state index contributed by atoms with van der Waals surface area (Å²) >= 11 is 4.81. The van der Waals surface area contributed by atoms with Gasteiger partial charge in [0, 0.05) is 16.7 Å². The van der Waals surface area contributed by atoms with Crippen LogP contribution >= 0.6 is 27.7 Å². The number of nitro groups is 1. The van der Waals surface area contributed by atoms with Crippen molar-refractivity contribution in [1.82, 2.24) is 0 Å². The summed E-state index contributed by atoms with van der Waals surface area (Å²) in [6.45, 7) is 0. The maximum absolute atomic E-state index is 10.9. The summed E-state index contributed by atoms with van der Waals surface area (Å²) in [6.07, 6.45) is 0. The highest BCUT2D eigenvalue weighted by molar-refractivity contribution is 9.10. The number of hydrogen-bond acceptors (Lipinski definition) is 4. The van der Waals surface area contributed by atoms with Crippen molar-refractivity contribution in [1.29, 1.82) is 0 Å². The summed E-state index contributed by atoms with van der Waals surface area (Å²) in [7, 11) is 1.63. The molecule has 2 aromatic rings. The van der Waals surface area contributed by atoms with Crippen LogP contribution in [0.5, 0.6) is 5.75 Å². The van der Waals surface area contributed by atoms with Crippen LogP contribution in [0.3, 0.4) is 0 Å². The van der Waals surface area contributed by atoms with Crippen molar-refractivity contribution in [3.8, 4) is 5.75 Å². The minimum absolute atomic E-state index is 0.0952. The van der Waals surface area contributed by atoms with Crippen molar-refractivity contribution in [3.63, 3.8) is 0 Å². The van der Waals surface area contributed by atoms with Crippen LogP contribution in [0.25, 0.3) is 0 Å². The lowest BCUT2D eigenvalue weighted by Gasteiger charge is -2.04. The van der Waals surface area contributed by atoms with E-state index in [0.29, 0.717) is 10.2 Å². The average Bonchev–Trinajstić information content (AvgIpc) is 2.46. The van der Waals surface area contributed by atoms with Gasteiger partial charge >= 0.3 is 0 Å². The largest absolute Gasteiger partial charge is 0.497 e. The highest BCUT2D eigenvalue weighted by Crippen LogP contribution is 2.29. The summed E-state index contributed by atoms with van der Waals surface area (Å²) in [5.41, 5.74) is 1.01. The van der Waals surface area contributed by atoms with E-state index in [-0.39, 0.29) is 10.6 Å². The molecule has 0 saturated carbocycles. The second kappa shape index (κ2) is 6.76. The molecular formula is C14H12BrNO3S. The highest BCUT2D eigenvalue weighted by atomic mass is 79.9. The standard InChI is InChI=1S/C14H12BrNO3S/c1-19-11-3-5-12(6-4-11)20-9-10-2-7-13(15)14(8-10)16(17)18/h2-8H,9H2,1H3. The van der Waals surface area contributed by atoms with E-state index in [1.165, 1.54) is 0 Å². The number of thioether (sulfide) groups is 1. The quantitative estimate of drug-likeness (QED) is 0.445. The van der Waals surface area contributed by atoms with Gasteiger partial charge in [-0.15, -0.1) is 11.8 Å². The van der Waals surface area contributed by atoms with Gasteiger partial charge in [0.15, 0.2) is 0 Å². The van der Waals surface area contributed by atoms with Crippen LogP contribution in [0.2, 0.25) is 0 Å². The number of methoxy groups -OCH3 is 1. The Kier molecular flexibility index (Phi) is 5.03.